The van der Waals surface area contributed by atoms with E-state index in [2.05, 4.69) is 32.8 Å². The van der Waals surface area contributed by atoms with Gasteiger partial charge in [0.2, 0.25) is 0 Å². The predicted octanol–water partition coefficient (Wildman–Crippen LogP) is 3.40. The first-order valence-corrected chi connectivity index (χ1v) is 9.85. The van der Waals surface area contributed by atoms with Crippen molar-refractivity contribution in [2.75, 3.05) is 23.4 Å². The van der Waals surface area contributed by atoms with Crippen LogP contribution in [0.3, 0.4) is 0 Å². The lowest BCUT2D eigenvalue weighted by molar-refractivity contribution is -0.119. The van der Waals surface area contributed by atoms with E-state index in [9.17, 15) is 4.79 Å². The lowest BCUT2D eigenvalue weighted by atomic mass is 10.2. The summed E-state index contributed by atoms with van der Waals surface area (Å²) in [6.45, 7) is 4.90. The molecule has 130 valence electrons. The summed E-state index contributed by atoms with van der Waals surface area (Å²) in [6.07, 6.45) is 5.22. The Hall–Kier alpha value is -2.06. The topological polar surface area (TPSA) is 62.2 Å². The molecule has 0 bridgehead atoms. The van der Waals surface area contributed by atoms with Gasteiger partial charge in [-0.15, -0.1) is 22.7 Å². The van der Waals surface area contributed by atoms with Gasteiger partial charge >= 0.3 is 0 Å². The molecule has 3 aromatic rings. The van der Waals surface area contributed by atoms with Crippen molar-refractivity contribution in [3.05, 3.63) is 28.3 Å². The zero-order valence-electron chi connectivity index (χ0n) is 14.4. The maximum atomic E-state index is 13.1. The van der Waals surface area contributed by atoms with Gasteiger partial charge in [0.1, 0.15) is 23.0 Å². The third-order valence-electron chi connectivity index (χ3n) is 4.47. The largest absolute Gasteiger partial charge is 0.344 e. The van der Waals surface area contributed by atoms with Crippen LogP contribution in [0.25, 0.3) is 10.2 Å². The molecule has 8 heteroatoms. The Balaban J connectivity index is 1.67. The van der Waals surface area contributed by atoms with E-state index in [0.717, 1.165) is 45.4 Å². The standard InChI is InChI=1S/C17H19N5OS2/c1-10-7-12-14(19-9-20-15(12)24-10)22-6-4-5-13(22)16(23)21(3)17-18-8-11(2)25-17/h7-9,13H,4-6H2,1-3H3. The summed E-state index contributed by atoms with van der Waals surface area (Å²) in [5.74, 6) is 0.944. The average Bonchev–Trinajstić information content (AvgIpc) is 3.31. The van der Waals surface area contributed by atoms with Crippen molar-refractivity contribution < 1.29 is 4.79 Å². The molecular weight excluding hydrogens is 354 g/mol. The van der Waals surface area contributed by atoms with Crippen LogP contribution in [0.15, 0.2) is 18.6 Å². The molecule has 1 amide bonds. The minimum absolute atomic E-state index is 0.0746. The van der Waals surface area contributed by atoms with Gasteiger partial charge in [0, 0.05) is 29.5 Å². The molecule has 0 aromatic carbocycles. The van der Waals surface area contributed by atoms with Crippen LogP contribution in [0.4, 0.5) is 10.9 Å². The Bertz CT molecular complexity index is 934. The van der Waals surface area contributed by atoms with Crippen molar-refractivity contribution in [3.63, 3.8) is 0 Å². The number of anilines is 2. The van der Waals surface area contributed by atoms with Crippen LogP contribution < -0.4 is 9.80 Å². The van der Waals surface area contributed by atoms with E-state index in [1.54, 1.807) is 35.8 Å². The molecule has 0 radical (unpaired) electrons. The van der Waals surface area contributed by atoms with Gasteiger partial charge in [-0.25, -0.2) is 15.0 Å². The van der Waals surface area contributed by atoms with Crippen LogP contribution >= 0.6 is 22.7 Å². The summed E-state index contributed by atoms with van der Waals surface area (Å²) < 4.78 is 0. The molecular formula is C17H19N5OS2. The molecule has 4 heterocycles. The fourth-order valence-corrected chi connectivity index (χ4v) is 4.85. The highest BCUT2D eigenvalue weighted by atomic mass is 32.1. The number of aryl methyl sites for hydroxylation is 2. The normalized spacial score (nSPS) is 17.4. The van der Waals surface area contributed by atoms with Gasteiger partial charge in [-0.2, -0.15) is 0 Å². The Kier molecular flexibility index (Phi) is 4.16. The molecule has 0 saturated carbocycles. The molecule has 1 unspecified atom stereocenters. The van der Waals surface area contributed by atoms with Crippen molar-refractivity contribution in [1.82, 2.24) is 15.0 Å². The number of aromatic nitrogens is 3. The number of hydrogen-bond acceptors (Lipinski definition) is 7. The number of hydrogen-bond donors (Lipinski definition) is 0. The van der Waals surface area contributed by atoms with Crippen molar-refractivity contribution in [3.8, 4) is 0 Å². The van der Waals surface area contributed by atoms with E-state index in [1.807, 2.05) is 6.92 Å². The third-order valence-corrected chi connectivity index (χ3v) is 6.42. The number of thiophene rings is 1. The van der Waals surface area contributed by atoms with Crippen LogP contribution in [0.1, 0.15) is 22.6 Å². The molecule has 1 aliphatic heterocycles. The maximum absolute atomic E-state index is 13.1. The molecule has 0 N–H and O–H groups in total. The lowest BCUT2D eigenvalue weighted by Gasteiger charge is -2.28. The fourth-order valence-electron chi connectivity index (χ4n) is 3.29. The summed E-state index contributed by atoms with van der Waals surface area (Å²) in [6, 6.07) is 1.91. The Morgan fingerprint density at radius 1 is 1.24 bits per heavy atom. The highest BCUT2D eigenvalue weighted by molar-refractivity contribution is 7.18. The first kappa shape index (κ1) is 16.4. The smallest absolute Gasteiger partial charge is 0.251 e. The fraction of sp³-hybridized carbons (Fsp3) is 0.412. The second kappa shape index (κ2) is 6.34. The first-order valence-electron chi connectivity index (χ1n) is 8.22. The van der Waals surface area contributed by atoms with Gasteiger partial charge in [0.15, 0.2) is 5.13 Å². The van der Waals surface area contributed by atoms with Crippen LogP contribution in [0, 0.1) is 13.8 Å². The zero-order valence-corrected chi connectivity index (χ0v) is 16.0. The Morgan fingerprint density at radius 2 is 2.08 bits per heavy atom. The summed E-state index contributed by atoms with van der Waals surface area (Å²) in [5, 5.41) is 1.78. The number of thiazole rings is 1. The van der Waals surface area contributed by atoms with Gasteiger partial charge in [-0.05, 0) is 32.8 Å². The maximum Gasteiger partial charge on any atom is 0.251 e. The number of amides is 1. The second-order valence-electron chi connectivity index (χ2n) is 6.28. The summed E-state index contributed by atoms with van der Waals surface area (Å²) >= 11 is 3.20. The van der Waals surface area contributed by atoms with Gasteiger partial charge in [-0.1, -0.05) is 0 Å². The molecule has 6 nitrogen and oxygen atoms in total. The van der Waals surface area contributed by atoms with Gasteiger partial charge in [0.25, 0.3) is 5.91 Å². The Labute approximate surface area is 154 Å². The van der Waals surface area contributed by atoms with Crippen molar-refractivity contribution >= 4 is 49.7 Å². The quantitative estimate of drug-likeness (QED) is 0.704. The lowest BCUT2D eigenvalue weighted by Crippen LogP contribution is -2.44. The second-order valence-corrected chi connectivity index (χ2v) is 8.72. The monoisotopic (exact) mass is 373 g/mol. The SMILES string of the molecule is Cc1cnc(N(C)C(=O)C2CCCN2c2ncnc3sc(C)cc23)s1. The zero-order chi connectivity index (χ0) is 17.6. The van der Waals surface area contributed by atoms with Gasteiger partial charge in [0.05, 0.1) is 5.39 Å². The van der Waals surface area contributed by atoms with Gasteiger partial charge < -0.3 is 4.90 Å². The summed E-state index contributed by atoms with van der Waals surface area (Å²) in [7, 11) is 1.81. The highest BCUT2D eigenvalue weighted by Crippen LogP contribution is 2.34. The number of carbonyl (C=O) groups is 1. The van der Waals surface area contributed by atoms with Crippen molar-refractivity contribution in [2.24, 2.45) is 0 Å². The van der Waals surface area contributed by atoms with Gasteiger partial charge in [-0.3, -0.25) is 9.69 Å². The van der Waals surface area contributed by atoms with E-state index in [1.165, 1.54) is 16.2 Å². The molecule has 1 aliphatic rings. The molecule has 1 atom stereocenters. The third kappa shape index (κ3) is 2.89. The summed E-state index contributed by atoms with van der Waals surface area (Å²) in [4.78, 5) is 33.4. The number of fused-ring (bicyclic) bond motifs is 1. The molecule has 4 rings (SSSR count). The summed E-state index contributed by atoms with van der Waals surface area (Å²) in [5.41, 5.74) is 0. The number of carbonyl (C=O) groups excluding carboxylic acids is 1. The van der Waals surface area contributed by atoms with Crippen molar-refractivity contribution in [1.29, 1.82) is 0 Å². The van der Waals surface area contributed by atoms with Crippen LogP contribution in [-0.2, 0) is 4.79 Å². The minimum Gasteiger partial charge on any atom is -0.344 e. The number of likely N-dealkylation sites (N-methyl/N-ethyl adjacent to an activating group) is 1. The molecule has 25 heavy (non-hydrogen) atoms. The molecule has 1 fully saturated rings. The van der Waals surface area contributed by atoms with E-state index >= 15 is 0 Å². The van der Waals surface area contributed by atoms with Crippen LogP contribution in [0.5, 0.6) is 0 Å². The molecule has 3 aromatic heterocycles. The molecule has 0 aliphatic carbocycles. The number of rotatable bonds is 3. The van der Waals surface area contributed by atoms with E-state index in [0.29, 0.717) is 0 Å². The highest BCUT2D eigenvalue weighted by Gasteiger charge is 2.35. The van der Waals surface area contributed by atoms with E-state index in [4.69, 9.17) is 0 Å². The van der Waals surface area contributed by atoms with Crippen LogP contribution in [-0.4, -0.2) is 40.5 Å². The van der Waals surface area contributed by atoms with Crippen LogP contribution in [0.2, 0.25) is 0 Å². The minimum atomic E-state index is -0.201. The predicted molar refractivity (Wildman–Crippen MR) is 103 cm³/mol. The number of nitrogens with zero attached hydrogens (tertiary/aromatic N) is 5. The average molecular weight is 374 g/mol. The van der Waals surface area contributed by atoms with E-state index in [-0.39, 0.29) is 11.9 Å². The Morgan fingerprint density at radius 3 is 2.84 bits per heavy atom. The molecule has 0 spiro atoms. The molecule has 1 saturated heterocycles. The van der Waals surface area contributed by atoms with Crippen molar-refractivity contribution in [2.45, 2.75) is 32.7 Å². The first-order chi connectivity index (χ1) is 12.0. The van der Waals surface area contributed by atoms with E-state index < -0.39 is 0 Å².